The normalized spacial score (nSPS) is 10.7. The molecule has 2 aromatic carbocycles. The number of rotatable bonds is 2. The molecule has 100 valence electrons. The van der Waals surface area contributed by atoms with Gasteiger partial charge in [-0.05, 0) is 30.2 Å². The van der Waals surface area contributed by atoms with Crippen molar-refractivity contribution in [1.82, 2.24) is 0 Å². The topological polar surface area (TPSA) is 39.4 Å². The first kappa shape index (κ1) is 12.5. The summed E-state index contributed by atoms with van der Waals surface area (Å²) >= 11 is 0. The average molecular weight is 266 g/mol. The van der Waals surface area contributed by atoms with Crippen LogP contribution in [0.15, 0.2) is 57.7 Å². The zero-order chi connectivity index (χ0) is 14.1. The number of benzene rings is 2. The lowest BCUT2D eigenvalue weighted by molar-refractivity contribution is 0.414. The van der Waals surface area contributed by atoms with Crippen LogP contribution in [0.25, 0.3) is 22.1 Å². The third-order valence-corrected chi connectivity index (χ3v) is 3.31. The molecule has 0 aliphatic carbocycles. The highest BCUT2D eigenvalue weighted by Gasteiger charge is 2.08. The van der Waals surface area contributed by atoms with Crippen LogP contribution >= 0.6 is 0 Å². The maximum absolute atomic E-state index is 11.7. The van der Waals surface area contributed by atoms with Gasteiger partial charge in [0, 0.05) is 17.5 Å². The summed E-state index contributed by atoms with van der Waals surface area (Å²) in [6, 6.07) is 15.1. The number of aryl methyl sites for hydroxylation is 1. The fourth-order valence-electron chi connectivity index (χ4n) is 2.24. The highest BCUT2D eigenvalue weighted by Crippen LogP contribution is 2.29. The van der Waals surface area contributed by atoms with E-state index in [4.69, 9.17) is 9.15 Å². The Labute approximate surface area is 116 Å². The summed E-state index contributed by atoms with van der Waals surface area (Å²) in [7, 11) is 1.59. The number of fused-ring (bicyclic) bond motifs is 1. The van der Waals surface area contributed by atoms with Gasteiger partial charge in [0.05, 0.1) is 7.11 Å². The van der Waals surface area contributed by atoms with Crippen LogP contribution in [0.4, 0.5) is 0 Å². The van der Waals surface area contributed by atoms with Gasteiger partial charge < -0.3 is 9.15 Å². The Morgan fingerprint density at radius 3 is 2.45 bits per heavy atom. The Hall–Kier alpha value is -2.55. The van der Waals surface area contributed by atoms with Gasteiger partial charge in [-0.15, -0.1) is 0 Å². The van der Waals surface area contributed by atoms with Crippen LogP contribution in [-0.4, -0.2) is 7.11 Å². The zero-order valence-corrected chi connectivity index (χ0v) is 11.3. The molecule has 0 aliphatic heterocycles. The molecule has 1 aromatic heterocycles. The standard InChI is InChI=1S/C17H14O3/c1-11-3-5-12(6-4-11)15-10-17(18)20-16-9-13(19-2)7-8-14(15)16/h3-10H,1-2H3. The maximum atomic E-state index is 11.7. The smallest absolute Gasteiger partial charge is 0.336 e. The van der Waals surface area contributed by atoms with Gasteiger partial charge in [0.2, 0.25) is 0 Å². The Bertz CT molecular complexity index is 814. The first-order chi connectivity index (χ1) is 9.67. The number of hydrogen-bond donors (Lipinski definition) is 0. The molecule has 0 fully saturated rings. The predicted molar refractivity (Wildman–Crippen MR) is 79.2 cm³/mol. The Balaban J connectivity index is 2.29. The monoisotopic (exact) mass is 266 g/mol. The molecule has 3 nitrogen and oxygen atoms in total. The highest BCUT2D eigenvalue weighted by molar-refractivity contribution is 5.93. The molecular weight excluding hydrogens is 252 g/mol. The van der Waals surface area contributed by atoms with Gasteiger partial charge in [0.1, 0.15) is 11.3 Å². The summed E-state index contributed by atoms with van der Waals surface area (Å²) in [6.07, 6.45) is 0. The Kier molecular flexibility index (Phi) is 3.03. The minimum Gasteiger partial charge on any atom is -0.497 e. The van der Waals surface area contributed by atoms with Crippen LogP contribution in [0.3, 0.4) is 0 Å². The molecule has 0 N–H and O–H groups in total. The molecule has 3 rings (SSSR count). The SMILES string of the molecule is COc1ccc2c(-c3ccc(C)cc3)cc(=O)oc2c1. The first-order valence-corrected chi connectivity index (χ1v) is 6.36. The largest absolute Gasteiger partial charge is 0.497 e. The van der Waals surface area contributed by atoms with Crippen LogP contribution in [-0.2, 0) is 0 Å². The summed E-state index contributed by atoms with van der Waals surface area (Å²) in [4.78, 5) is 11.7. The van der Waals surface area contributed by atoms with E-state index in [1.165, 1.54) is 11.6 Å². The molecular formula is C17H14O3. The molecule has 0 unspecified atom stereocenters. The van der Waals surface area contributed by atoms with E-state index in [0.29, 0.717) is 11.3 Å². The van der Waals surface area contributed by atoms with E-state index in [2.05, 4.69) is 0 Å². The molecule has 0 radical (unpaired) electrons. The molecule has 0 amide bonds. The van der Waals surface area contributed by atoms with Crippen LogP contribution in [0, 0.1) is 6.92 Å². The van der Waals surface area contributed by atoms with Crippen molar-refractivity contribution >= 4 is 11.0 Å². The fourth-order valence-corrected chi connectivity index (χ4v) is 2.24. The minimum absolute atomic E-state index is 0.360. The molecule has 0 bridgehead atoms. The van der Waals surface area contributed by atoms with Gasteiger partial charge in [-0.25, -0.2) is 4.79 Å². The summed E-state index contributed by atoms with van der Waals surface area (Å²) < 4.78 is 10.4. The van der Waals surface area contributed by atoms with E-state index >= 15 is 0 Å². The Morgan fingerprint density at radius 1 is 1.00 bits per heavy atom. The van der Waals surface area contributed by atoms with E-state index < -0.39 is 0 Å². The second kappa shape index (κ2) is 4.85. The third kappa shape index (κ3) is 2.18. The van der Waals surface area contributed by atoms with Gasteiger partial charge in [-0.3, -0.25) is 0 Å². The molecule has 0 atom stereocenters. The summed E-state index contributed by atoms with van der Waals surface area (Å²) in [5, 5.41) is 0.897. The first-order valence-electron chi connectivity index (χ1n) is 6.36. The molecule has 0 aliphatic rings. The van der Waals surface area contributed by atoms with Crippen LogP contribution in [0.2, 0.25) is 0 Å². The average Bonchev–Trinajstić information content (AvgIpc) is 2.46. The van der Waals surface area contributed by atoms with Crippen LogP contribution < -0.4 is 10.4 Å². The van der Waals surface area contributed by atoms with Crippen molar-refractivity contribution < 1.29 is 9.15 Å². The molecule has 3 heteroatoms. The van der Waals surface area contributed by atoms with Crippen LogP contribution in [0.5, 0.6) is 5.75 Å². The van der Waals surface area contributed by atoms with Gasteiger partial charge in [0.15, 0.2) is 0 Å². The van der Waals surface area contributed by atoms with E-state index in [9.17, 15) is 4.79 Å². The van der Waals surface area contributed by atoms with Crippen molar-refractivity contribution in [2.24, 2.45) is 0 Å². The summed E-state index contributed by atoms with van der Waals surface area (Å²) in [6.45, 7) is 2.03. The van der Waals surface area contributed by atoms with Crippen molar-refractivity contribution in [3.63, 3.8) is 0 Å². The van der Waals surface area contributed by atoms with Gasteiger partial charge in [-0.2, -0.15) is 0 Å². The van der Waals surface area contributed by atoms with E-state index in [1.54, 1.807) is 13.2 Å². The number of ether oxygens (including phenoxy) is 1. The lowest BCUT2D eigenvalue weighted by atomic mass is 10.0. The van der Waals surface area contributed by atoms with Crippen molar-refractivity contribution in [2.45, 2.75) is 6.92 Å². The maximum Gasteiger partial charge on any atom is 0.336 e. The predicted octanol–water partition coefficient (Wildman–Crippen LogP) is 3.78. The van der Waals surface area contributed by atoms with Gasteiger partial charge >= 0.3 is 5.63 Å². The number of methoxy groups -OCH3 is 1. The Morgan fingerprint density at radius 2 is 1.75 bits per heavy atom. The van der Waals surface area contributed by atoms with Gasteiger partial charge in [-0.1, -0.05) is 29.8 Å². The van der Waals surface area contributed by atoms with Gasteiger partial charge in [0.25, 0.3) is 0 Å². The second-order valence-corrected chi connectivity index (χ2v) is 4.71. The van der Waals surface area contributed by atoms with Crippen molar-refractivity contribution in [3.8, 4) is 16.9 Å². The molecule has 0 saturated carbocycles. The molecule has 3 aromatic rings. The van der Waals surface area contributed by atoms with E-state index in [0.717, 1.165) is 16.5 Å². The summed E-state index contributed by atoms with van der Waals surface area (Å²) in [5.41, 5.74) is 3.23. The summed E-state index contributed by atoms with van der Waals surface area (Å²) in [5.74, 6) is 0.668. The van der Waals surface area contributed by atoms with E-state index in [1.807, 2.05) is 43.3 Å². The quantitative estimate of drug-likeness (QED) is 0.663. The fraction of sp³-hybridized carbons (Fsp3) is 0.118. The minimum atomic E-state index is -0.360. The van der Waals surface area contributed by atoms with Crippen molar-refractivity contribution in [1.29, 1.82) is 0 Å². The second-order valence-electron chi connectivity index (χ2n) is 4.71. The lowest BCUT2D eigenvalue weighted by Gasteiger charge is -2.07. The molecule has 20 heavy (non-hydrogen) atoms. The highest BCUT2D eigenvalue weighted by atomic mass is 16.5. The lowest BCUT2D eigenvalue weighted by Crippen LogP contribution is -1.98. The molecule has 0 saturated heterocycles. The van der Waals surface area contributed by atoms with E-state index in [-0.39, 0.29) is 5.63 Å². The zero-order valence-electron chi connectivity index (χ0n) is 11.3. The third-order valence-electron chi connectivity index (χ3n) is 3.31. The molecule has 1 heterocycles. The number of hydrogen-bond acceptors (Lipinski definition) is 3. The van der Waals surface area contributed by atoms with Crippen molar-refractivity contribution in [2.75, 3.05) is 7.11 Å². The van der Waals surface area contributed by atoms with Crippen molar-refractivity contribution in [3.05, 3.63) is 64.5 Å². The van der Waals surface area contributed by atoms with Crippen LogP contribution in [0.1, 0.15) is 5.56 Å². The molecule has 0 spiro atoms.